The summed E-state index contributed by atoms with van der Waals surface area (Å²) in [5.41, 5.74) is 0.0785. The Morgan fingerprint density at radius 1 is 1.03 bits per heavy atom. The summed E-state index contributed by atoms with van der Waals surface area (Å²) in [6.45, 7) is 16.8. The summed E-state index contributed by atoms with van der Waals surface area (Å²) >= 11 is 0. The maximum absolute atomic E-state index is 12.6. The molecule has 33 heavy (non-hydrogen) atoms. The average Bonchev–Trinajstić information content (AvgIpc) is 3.04. The van der Waals surface area contributed by atoms with Gasteiger partial charge >= 0.3 is 11.9 Å². The minimum atomic E-state index is -2.16. The molecule has 1 aliphatic rings. The standard InChI is InChI=1S/C25H46O7Si/c1-11-12-13-14-15-16-19(32-33(9,10)24(2,3)4)22-21(30-25(5,6)31-22)18(23(27)29-8)17-20(26)28-7/h17,19,21-22H,11-16H2,1-10H3/b18-17-/t19-,21-,22-/m0/s1. The van der Waals surface area contributed by atoms with Crippen LogP contribution in [0.15, 0.2) is 11.6 Å². The van der Waals surface area contributed by atoms with Crippen molar-refractivity contribution in [3.05, 3.63) is 11.6 Å². The summed E-state index contributed by atoms with van der Waals surface area (Å²) < 4.78 is 29.1. The second-order valence-electron chi connectivity index (χ2n) is 10.8. The van der Waals surface area contributed by atoms with Gasteiger partial charge in [0, 0.05) is 6.08 Å². The van der Waals surface area contributed by atoms with E-state index in [0.717, 1.165) is 25.3 Å². The van der Waals surface area contributed by atoms with Gasteiger partial charge in [-0.15, -0.1) is 0 Å². The van der Waals surface area contributed by atoms with E-state index in [0.29, 0.717) is 0 Å². The summed E-state index contributed by atoms with van der Waals surface area (Å²) in [5, 5.41) is 0.00493. The Balaban J connectivity index is 3.34. The van der Waals surface area contributed by atoms with Crippen molar-refractivity contribution in [1.82, 2.24) is 0 Å². The first-order valence-electron chi connectivity index (χ1n) is 12.1. The van der Waals surface area contributed by atoms with Gasteiger partial charge in [-0.1, -0.05) is 59.8 Å². The number of hydrogen-bond donors (Lipinski definition) is 0. The van der Waals surface area contributed by atoms with E-state index in [2.05, 4.69) is 40.8 Å². The largest absolute Gasteiger partial charge is 0.466 e. The first-order valence-corrected chi connectivity index (χ1v) is 15.0. The van der Waals surface area contributed by atoms with Gasteiger partial charge in [0.05, 0.1) is 25.9 Å². The van der Waals surface area contributed by atoms with Crippen LogP contribution in [0.3, 0.4) is 0 Å². The second-order valence-corrected chi connectivity index (χ2v) is 15.5. The molecule has 1 aliphatic heterocycles. The Morgan fingerprint density at radius 2 is 1.64 bits per heavy atom. The molecule has 0 aliphatic carbocycles. The summed E-state index contributed by atoms with van der Waals surface area (Å²) in [6, 6.07) is 0. The minimum absolute atomic E-state index is 0.00493. The van der Waals surface area contributed by atoms with E-state index >= 15 is 0 Å². The first kappa shape index (κ1) is 29.8. The molecule has 0 spiro atoms. The molecule has 0 aromatic heterocycles. The monoisotopic (exact) mass is 486 g/mol. The molecule has 0 saturated carbocycles. The fourth-order valence-corrected chi connectivity index (χ4v) is 5.02. The lowest BCUT2D eigenvalue weighted by molar-refractivity contribution is -0.154. The van der Waals surface area contributed by atoms with Crippen LogP contribution in [0.5, 0.6) is 0 Å². The third kappa shape index (κ3) is 8.81. The number of rotatable bonds is 12. The predicted octanol–water partition coefficient (Wildman–Crippen LogP) is 5.53. The molecule has 0 amide bonds. The fourth-order valence-electron chi connectivity index (χ4n) is 3.66. The number of hydrogen-bond acceptors (Lipinski definition) is 7. The number of carbonyl (C=O) groups is 2. The SMILES string of the molecule is CCCCCCC[C@H](O[Si](C)(C)C(C)(C)C)[C@@H]1OC(C)(C)O[C@H]1/C(=C/C(=O)OC)C(=O)OC. The van der Waals surface area contributed by atoms with Crippen molar-refractivity contribution in [2.75, 3.05) is 14.2 Å². The lowest BCUT2D eigenvalue weighted by Crippen LogP contribution is -2.50. The summed E-state index contributed by atoms with van der Waals surface area (Å²) in [5.74, 6) is -2.25. The third-order valence-corrected chi connectivity index (χ3v) is 11.0. The highest BCUT2D eigenvalue weighted by Gasteiger charge is 2.51. The van der Waals surface area contributed by atoms with Crippen molar-refractivity contribution >= 4 is 20.3 Å². The highest BCUT2D eigenvalue weighted by atomic mass is 28.4. The van der Waals surface area contributed by atoms with Gasteiger partial charge in [0.1, 0.15) is 12.2 Å². The highest BCUT2D eigenvalue weighted by molar-refractivity contribution is 6.74. The number of esters is 2. The Hall–Kier alpha value is -1.22. The number of methoxy groups -OCH3 is 2. The predicted molar refractivity (Wildman–Crippen MR) is 131 cm³/mol. The number of carbonyl (C=O) groups excluding carboxylic acids is 2. The maximum Gasteiger partial charge on any atom is 0.336 e. The van der Waals surface area contributed by atoms with Crippen LogP contribution in [-0.2, 0) is 33.0 Å². The van der Waals surface area contributed by atoms with Gasteiger partial charge in [0.2, 0.25) is 0 Å². The third-order valence-electron chi connectivity index (χ3n) is 6.54. The van der Waals surface area contributed by atoms with E-state index in [9.17, 15) is 9.59 Å². The van der Waals surface area contributed by atoms with E-state index in [1.165, 1.54) is 33.5 Å². The smallest absolute Gasteiger partial charge is 0.336 e. The molecule has 1 saturated heterocycles. The van der Waals surface area contributed by atoms with Crippen LogP contribution in [0.4, 0.5) is 0 Å². The lowest BCUT2D eigenvalue weighted by atomic mass is 9.96. The van der Waals surface area contributed by atoms with E-state index < -0.39 is 38.3 Å². The Labute approximate surface area is 201 Å². The molecule has 1 fully saturated rings. The maximum atomic E-state index is 12.6. The van der Waals surface area contributed by atoms with Gasteiger partial charge in [0.25, 0.3) is 0 Å². The molecule has 192 valence electrons. The average molecular weight is 487 g/mol. The van der Waals surface area contributed by atoms with Crippen LogP contribution in [0, 0.1) is 0 Å². The van der Waals surface area contributed by atoms with Gasteiger partial charge in [-0.2, -0.15) is 0 Å². The van der Waals surface area contributed by atoms with Crippen molar-refractivity contribution in [2.24, 2.45) is 0 Å². The van der Waals surface area contributed by atoms with Crippen LogP contribution < -0.4 is 0 Å². The molecule has 0 aromatic rings. The molecule has 0 radical (unpaired) electrons. The fraction of sp³-hybridized carbons (Fsp3) is 0.840. The molecular weight excluding hydrogens is 440 g/mol. The Bertz CT molecular complexity index is 679. The molecule has 7 nitrogen and oxygen atoms in total. The van der Waals surface area contributed by atoms with Crippen molar-refractivity contribution in [1.29, 1.82) is 0 Å². The number of ether oxygens (including phenoxy) is 4. The van der Waals surface area contributed by atoms with Crippen molar-refractivity contribution in [3.63, 3.8) is 0 Å². The molecule has 3 atom stereocenters. The van der Waals surface area contributed by atoms with E-state index in [4.69, 9.17) is 23.4 Å². The molecule has 0 N–H and O–H groups in total. The van der Waals surface area contributed by atoms with Gasteiger partial charge in [-0.3, -0.25) is 0 Å². The van der Waals surface area contributed by atoms with Crippen molar-refractivity contribution in [2.45, 2.75) is 122 Å². The number of unbranched alkanes of at least 4 members (excludes halogenated alkanes) is 4. The van der Waals surface area contributed by atoms with E-state index in [-0.39, 0.29) is 16.7 Å². The van der Waals surface area contributed by atoms with Crippen LogP contribution in [-0.4, -0.2) is 58.6 Å². The van der Waals surface area contributed by atoms with Crippen LogP contribution >= 0.6 is 0 Å². The van der Waals surface area contributed by atoms with Crippen LogP contribution in [0.25, 0.3) is 0 Å². The first-order chi connectivity index (χ1) is 15.2. The van der Waals surface area contributed by atoms with Crippen LogP contribution in [0.2, 0.25) is 18.1 Å². The topological polar surface area (TPSA) is 80.3 Å². The summed E-state index contributed by atoms with van der Waals surface area (Å²) in [6.07, 6.45) is 5.92. The molecule has 0 bridgehead atoms. The normalized spacial score (nSPS) is 22.2. The van der Waals surface area contributed by atoms with Crippen molar-refractivity contribution < 1.29 is 33.0 Å². The zero-order chi connectivity index (χ0) is 25.4. The van der Waals surface area contributed by atoms with Crippen molar-refractivity contribution in [3.8, 4) is 0 Å². The zero-order valence-corrected chi connectivity index (χ0v) is 23.4. The molecular formula is C25H46O7Si. The molecule has 0 unspecified atom stereocenters. The second kappa shape index (κ2) is 12.5. The molecule has 0 aromatic carbocycles. The van der Waals surface area contributed by atoms with Gasteiger partial charge < -0.3 is 23.4 Å². The zero-order valence-electron chi connectivity index (χ0n) is 22.4. The van der Waals surface area contributed by atoms with Crippen LogP contribution in [0.1, 0.15) is 80.1 Å². The van der Waals surface area contributed by atoms with Gasteiger partial charge in [0.15, 0.2) is 14.1 Å². The Kier molecular flexibility index (Phi) is 11.3. The minimum Gasteiger partial charge on any atom is -0.466 e. The summed E-state index contributed by atoms with van der Waals surface area (Å²) in [7, 11) is 0.384. The van der Waals surface area contributed by atoms with Gasteiger partial charge in [-0.05, 0) is 38.4 Å². The van der Waals surface area contributed by atoms with E-state index in [1.807, 2.05) is 0 Å². The quantitative estimate of drug-likeness (QED) is 0.155. The molecule has 8 heteroatoms. The molecule has 1 rings (SSSR count). The van der Waals surface area contributed by atoms with Gasteiger partial charge in [-0.25, -0.2) is 9.59 Å². The molecule has 1 heterocycles. The highest BCUT2D eigenvalue weighted by Crippen LogP contribution is 2.42. The lowest BCUT2D eigenvalue weighted by Gasteiger charge is -2.41. The Morgan fingerprint density at radius 3 is 2.15 bits per heavy atom. The summed E-state index contributed by atoms with van der Waals surface area (Å²) in [4.78, 5) is 24.7. The van der Waals surface area contributed by atoms with E-state index in [1.54, 1.807) is 13.8 Å².